The maximum Gasteiger partial charge on any atom is 0.374 e. The molecule has 0 fully saturated rings. The van der Waals surface area contributed by atoms with Gasteiger partial charge in [-0.3, -0.25) is 4.79 Å². The van der Waals surface area contributed by atoms with Gasteiger partial charge in [0, 0.05) is 13.0 Å². The molecule has 0 bridgehead atoms. The Hall–Kier alpha value is -1.92. The number of hydrogen-bond donors (Lipinski definition) is 1. The van der Waals surface area contributed by atoms with Gasteiger partial charge in [0.2, 0.25) is 5.82 Å². The largest absolute Gasteiger partial charge is 0.475 e. The lowest BCUT2D eigenvalue weighted by molar-refractivity contribution is -0.145. The van der Waals surface area contributed by atoms with Gasteiger partial charge in [0.1, 0.15) is 5.82 Å². The number of carboxylic acids is 1. The Morgan fingerprint density at radius 1 is 1.41 bits per heavy atom. The van der Waals surface area contributed by atoms with E-state index >= 15 is 0 Å². The minimum absolute atomic E-state index is 0.0643. The first kappa shape index (κ1) is 11.6. The summed E-state index contributed by atoms with van der Waals surface area (Å²) in [4.78, 5) is 22.3. The number of aryl methyl sites for hydroxylation is 1. The Morgan fingerprint density at radius 2 is 2.18 bits per heavy atom. The van der Waals surface area contributed by atoms with Gasteiger partial charge in [0.15, 0.2) is 0 Å². The van der Waals surface area contributed by atoms with Crippen LogP contribution in [0.5, 0.6) is 0 Å². The van der Waals surface area contributed by atoms with Crippen LogP contribution in [0.4, 0.5) is 0 Å². The number of nitrogens with zero attached hydrogens (tertiary/aromatic N) is 3. The molecular weight excluding hydrogens is 226 g/mol. The minimum atomic E-state index is -1.10. The zero-order chi connectivity index (χ0) is 12.4. The summed E-state index contributed by atoms with van der Waals surface area (Å²) < 4.78 is 6.26. The molecule has 1 unspecified atom stereocenters. The maximum absolute atomic E-state index is 11.4. The molecule has 0 aliphatic carbocycles. The van der Waals surface area contributed by atoms with Crippen molar-refractivity contribution in [3.63, 3.8) is 0 Å². The molecule has 17 heavy (non-hydrogen) atoms. The van der Waals surface area contributed by atoms with Gasteiger partial charge in [-0.25, -0.2) is 4.79 Å². The second-order valence-electron chi connectivity index (χ2n) is 3.94. The van der Waals surface area contributed by atoms with Crippen LogP contribution >= 0.6 is 0 Å². The average molecular weight is 239 g/mol. The second-order valence-corrected chi connectivity index (χ2v) is 3.94. The quantitative estimate of drug-likeness (QED) is 0.735. The predicted molar refractivity (Wildman–Crippen MR) is 55.4 cm³/mol. The molecule has 0 radical (unpaired) electrons. The van der Waals surface area contributed by atoms with Gasteiger partial charge >= 0.3 is 11.9 Å². The molecule has 1 aliphatic rings. The maximum atomic E-state index is 11.4. The minimum Gasteiger partial charge on any atom is -0.475 e. The summed E-state index contributed by atoms with van der Waals surface area (Å²) in [5.74, 6) is -0.983. The summed E-state index contributed by atoms with van der Waals surface area (Å²) in [6.07, 6.45) is 1.71. The van der Waals surface area contributed by atoms with Crippen LogP contribution in [0.2, 0.25) is 0 Å². The van der Waals surface area contributed by atoms with E-state index < -0.39 is 5.97 Å². The van der Waals surface area contributed by atoms with E-state index in [0.717, 1.165) is 0 Å². The zero-order valence-electron chi connectivity index (χ0n) is 9.42. The lowest BCUT2D eigenvalue weighted by Crippen LogP contribution is -2.17. The van der Waals surface area contributed by atoms with E-state index in [4.69, 9.17) is 9.84 Å². The number of esters is 1. The Kier molecular flexibility index (Phi) is 3.08. The van der Waals surface area contributed by atoms with Crippen molar-refractivity contribution in [3.05, 3.63) is 11.6 Å². The van der Waals surface area contributed by atoms with Crippen LogP contribution in [0.15, 0.2) is 0 Å². The van der Waals surface area contributed by atoms with Gasteiger partial charge in [-0.1, -0.05) is 0 Å². The van der Waals surface area contributed by atoms with Crippen molar-refractivity contribution in [2.45, 2.75) is 25.8 Å². The molecule has 1 N–H and O–H groups in total. The lowest BCUT2D eigenvalue weighted by Gasteiger charge is -2.10. The number of methoxy groups -OCH3 is 1. The number of carbonyl (C=O) groups excluding carboxylic acids is 1. The van der Waals surface area contributed by atoms with Gasteiger partial charge in [-0.05, 0) is 12.8 Å². The number of fused-ring (bicyclic) bond motifs is 1. The monoisotopic (exact) mass is 239 g/mol. The number of hydrogen-bond acceptors (Lipinski definition) is 5. The normalized spacial score (nSPS) is 19.2. The highest BCUT2D eigenvalue weighted by Crippen LogP contribution is 2.21. The molecule has 0 aromatic carbocycles. The summed E-state index contributed by atoms with van der Waals surface area (Å²) in [7, 11) is 1.36. The van der Waals surface area contributed by atoms with E-state index in [1.54, 1.807) is 4.57 Å². The highest BCUT2D eigenvalue weighted by Gasteiger charge is 2.26. The van der Waals surface area contributed by atoms with Crippen LogP contribution in [0.3, 0.4) is 0 Å². The number of aromatic nitrogens is 3. The summed E-state index contributed by atoms with van der Waals surface area (Å²) in [5.41, 5.74) is 0. The van der Waals surface area contributed by atoms with Crippen molar-refractivity contribution in [3.8, 4) is 0 Å². The van der Waals surface area contributed by atoms with Gasteiger partial charge in [-0.2, -0.15) is 0 Å². The second kappa shape index (κ2) is 4.52. The molecule has 0 spiro atoms. The third kappa shape index (κ3) is 2.13. The standard InChI is InChI=1S/C10H13N3O4/c1-17-10(16)6-2-3-7-11-12-8(9(14)15)13(7)5-4-6/h6H,2-5H2,1H3,(H,14,15). The SMILES string of the molecule is COC(=O)C1CCc2nnc(C(=O)O)n2CC1. The predicted octanol–water partition coefficient (Wildman–Crippen LogP) is 0.102. The number of ether oxygens (including phenoxy) is 1. The third-order valence-corrected chi connectivity index (χ3v) is 2.97. The highest BCUT2D eigenvalue weighted by atomic mass is 16.5. The Bertz CT molecular complexity index is 454. The molecule has 92 valence electrons. The fourth-order valence-electron chi connectivity index (χ4n) is 2.05. The molecule has 2 heterocycles. The molecule has 7 heteroatoms. The summed E-state index contributed by atoms with van der Waals surface area (Å²) in [6, 6.07) is 0. The van der Waals surface area contributed by atoms with E-state index in [9.17, 15) is 9.59 Å². The van der Waals surface area contributed by atoms with Gasteiger partial charge < -0.3 is 14.4 Å². The summed E-state index contributed by atoms with van der Waals surface area (Å²) in [5, 5.41) is 16.4. The Morgan fingerprint density at radius 3 is 2.82 bits per heavy atom. The lowest BCUT2D eigenvalue weighted by atomic mass is 10.0. The van der Waals surface area contributed by atoms with E-state index in [2.05, 4.69) is 10.2 Å². The van der Waals surface area contributed by atoms with Crippen molar-refractivity contribution in [1.82, 2.24) is 14.8 Å². The van der Waals surface area contributed by atoms with E-state index in [-0.39, 0.29) is 17.7 Å². The topological polar surface area (TPSA) is 94.3 Å². The van der Waals surface area contributed by atoms with Crippen molar-refractivity contribution in [1.29, 1.82) is 0 Å². The Labute approximate surface area is 97.4 Å². The van der Waals surface area contributed by atoms with Crippen molar-refractivity contribution < 1.29 is 19.4 Å². The summed E-state index contributed by atoms with van der Waals surface area (Å²) in [6.45, 7) is 0.434. The van der Waals surface area contributed by atoms with Crippen LogP contribution in [0, 0.1) is 5.92 Å². The van der Waals surface area contributed by atoms with Gasteiger partial charge in [0.05, 0.1) is 13.0 Å². The summed E-state index contributed by atoms with van der Waals surface area (Å²) >= 11 is 0. The number of carbonyl (C=O) groups is 2. The van der Waals surface area contributed by atoms with Crippen LogP contribution < -0.4 is 0 Å². The molecule has 2 rings (SSSR count). The zero-order valence-corrected chi connectivity index (χ0v) is 9.42. The molecule has 7 nitrogen and oxygen atoms in total. The fraction of sp³-hybridized carbons (Fsp3) is 0.600. The first-order chi connectivity index (χ1) is 8.13. The molecule has 1 atom stereocenters. The van der Waals surface area contributed by atoms with Gasteiger partial charge in [0.25, 0.3) is 0 Å². The van der Waals surface area contributed by atoms with E-state index in [1.165, 1.54) is 7.11 Å². The smallest absolute Gasteiger partial charge is 0.374 e. The van der Waals surface area contributed by atoms with Gasteiger partial charge in [-0.15, -0.1) is 10.2 Å². The van der Waals surface area contributed by atoms with Crippen molar-refractivity contribution in [2.24, 2.45) is 5.92 Å². The molecule has 1 aromatic rings. The number of aromatic carboxylic acids is 1. The molecule has 0 amide bonds. The molecule has 0 saturated carbocycles. The van der Waals surface area contributed by atoms with E-state index in [1.807, 2.05) is 0 Å². The van der Waals surface area contributed by atoms with E-state index in [0.29, 0.717) is 31.6 Å². The highest BCUT2D eigenvalue weighted by molar-refractivity contribution is 5.83. The third-order valence-electron chi connectivity index (χ3n) is 2.97. The van der Waals surface area contributed by atoms with Crippen LogP contribution in [-0.4, -0.2) is 38.9 Å². The number of carboxylic acid groups (broad SMARTS) is 1. The average Bonchev–Trinajstić information content (AvgIpc) is 2.61. The van der Waals surface area contributed by atoms with Crippen LogP contribution in [0.25, 0.3) is 0 Å². The molecule has 1 aliphatic heterocycles. The number of rotatable bonds is 2. The van der Waals surface area contributed by atoms with Crippen LogP contribution in [-0.2, 0) is 22.5 Å². The van der Waals surface area contributed by atoms with Crippen molar-refractivity contribution >= 4 is 11.9 Å². The first-order valence-electron chi connectivity index (χ1n) is 5.36. The van der Waals surface area contributed by atoms with Crippen molar-refractivity contribution in [2.75, 3.05) is 7.11 Å². The molecule has 1 aromatic heterocycles. The van der Waals surface area contributed by atoms with Crippen LogP contribution in [0.1, 0.15) is 29.3 Å². The Balaban J connectivity index is 2.19. The first-order valence-corrected chi connectivity index (χ1v) is 5.36. The molecule has 0 saturated heterocycles. The molecular formula is C10H13N3O4. The fourth-order valence-corrected chi connectivity index (χ4v) is 2.05.